The molecule has 6 atom stereocenters. The maximum Gasteiger partial charge on any atom is 0.185 e. The third-order valence-electron chi connectivity index (χ3n) is 6.02. The van der Waals surface area contributed by atoms with Gasteiger partial charge in [-0.15, -0.1) is 0 Å². The van der Waals surface area contributed by atoms with Gasteiger partial charge in [0.2, 0.25) is 0 Å². The van der Waals surface area contributed by atoms with Crippen molar-refractivity contribution in [2.24, 2.45) is 11.8 Å². The van der Waals surface area contributed by atoms with E-state index in [1.807, 2.05) is 24.3 Å². The lowest BCUT2D eigenvalue weighted by molar-refractivity contribution is -0.259. The van der Waals surface area contributed by atoms with Crippen LogP contribution in [-0.4, -0.2) is 37.9 Å². The Bertz CT molecular complexity index is 755. The number of carbonyl (C=O) groups is 1. The van der Waals surface area contributed by atoms with Crippen LogP contribution in [0.3, 0.4) is 0 Å². The predicted octanol–water partition coefficient (Wildman–Crippen LogP) is 2.27. The first-order valence-electron chi connectivity index (χ1n) is 8.12. The second kappa shape index (κ2) is 4.34. The lowest BCUT2D eigenvalue weighted by Crippen LogP contribution is -2.54. The Hall–Kier alpha value is -1.91. The quantitative estimate of drug-likeness (QED) is 0.798. The number of carbonyl (C=O) groups excluding carboxylic acids is 1. The molecular weight excluding hydrogens is 290 g/mol. The molecule has 4 heteroatoms. The van der Waals surface area contributed by atoms with Gasteiger partial charge in [-0.1, -0.05) is 42.5 Å². The number of anilines is 1. The van der Waals surface area contributed by atoms with E-state index in [4.69, 9.17) is 9.47 Å². The summed E-state index contributed by atoms with van der Waals surface area (Å²) in [6.45, 7) is 0. The van der Waals surface area contributed by atoms with Crippen LogP contribution < -0.4 is 4.90 Å². The van der Waals surface area contributed by atoms with Crippen molar-refractivity contribution >= 4 is 11.5 Å². The normalized spacial score (nSPS) is 42.6. The molecule has 0 radical (unpaired) electrons. The van der Waals surface area contributed by atoms with Crippen LogP contribution in [0, 0.1) is 11.8 Å². The first-order valence-corrected chi connectivity index (χ1v) is 8.12. The van der Waals surface area contributed by atoms with E-state index < -0.39 is 11.9 Å². The smallest absolute Gasteiger partial charge is 0.185 e. The maximum absolute atomic E-state index is 13.0. The summed E-state index contributed by atoms with van der Waals surface area (Å²) in [7, 11) is 3.76. The van der Waals surface area contributed by atoms with Crippen molar-refractivity contribution < 1.29 is 14.3 Å². The summed E-state index contributed by atoms with van der Waals surface area (Å²) in [5.74, 6) is -0.763. The second-order valence-corrected chi connectivity index (χ2v) is 6.83. The molecule has 5 rings (SSSR count). The Morgan fingerprint density at radius 1 is 1.22 bits per heavy atom. The summed E-state index contributed by atoms with van der Waals surface area (Å²) < 4.78 is 12.3. The van der Waals surface area contributed by atoms with Crippen LogP contribution >= 0.6 is 0 Å². The van der Waals surface area contributed by atoms with E-state index in [2.05, 4.69) is 36.2 Å². The Kier molecular flexibility index (Phi) is 2.55. The summed E-state index contributed by atoms with van der Waals surface area (Å²) in [5.41, 5.74) is 2.40. The fraction of sp³-hybridized carbons (Fsp3) is 0.421. The van der Waals surface area contributed by atoms with E-state index >= 15 is 0 Å². The van der Waals surface area contributed by atoms with Crippen LogP contribution in [0.15, 0.2) is 48.6 Å². The standard InChI is InChI=1S/C19H19NO3/c1-20-14-10-6-4-8-12(14)15-16(20)18-17(21)11-7-3-5-9-13(11)19(15,22-2)23-18/h3-11,13,15-16,18H,1-2H3/t11?,13?,15-,16+,18-,19-/m1/s1. The van der Waals surface area contributed by atoms with E-state index in [-0.39, 0.29) is 29.6 Å². The number of ketones is 1. The summed E-state index contributed by atoms with van der Waals surface area (Å²) in [5, 5.41) is 0. The lowest BCUT2D eigenvalue weighted by atomic mass is 9.75. The van der Waals surface area contributed by atoms with Gasteiger partial charge in [-0.25, -0.2) is 0 Å². The minimum Gasteiger partial charge on any atom is -0.367 e. The Morgan fingerprint density at radius 3 is 2.83 bits per heavy atom. The first-order chi connectivity index (χ1) is 11.2. The van der Waals surface area contributed by atoms with Gasteiger partial charge in [0, 0.05) is 25.8 Å². The summed E-state index contributed by atoms with van der Waals surface area (Å²) in [4.78, 5) is 15.2. The molecule has 1 aromatic rings. The summed E-state index contributed by atoms with van der Waals surface area (Å²) >= 11 is 0. The second-order valence-electron chi connectivity index (χ2n) is 6.83. The van der Waals surface area contributed by atoms with E-state index in [1.54, 1.807) is 7.11 Å². The van der Waals surface area contributed by atoms with Crippen molar-refractivity contribution in [3.05, 3.63) is 54.1 Å². The molecule has 1 aromatic carbocycles. The zero-order chi connectivity index (χ0) is 15.8. The zero-order valence-electron chi connectivity index (χ0n) is 13.2. The average Bonchev–Trinajstić information content (AvgIpc) is 3.07. The van der Waals surface area contributed by atoms with Crippen molar-refractivity contribution in [3.63, 3.8) is 0 Å². The third-order valence-corrected chi connectivity index (χ3v) is 6.02. The highest BCUT2D eigenvalue weighted by molar-refractivity contribution is 5.92. The van der Waals surface area contributed by atoms with Gasteiger partial charge in [0.05, 0.1) is 17.9 Å². The minimum atomic E-state index is -0.768. The van der Waals surface area contributed by atoms with Gasteiger partial charge < -0.3 is 14.4 Å². The van der Waals surface area contributed by atoms with Gasteiger partial charge >= 0.3 is 0 Å². The van der Waals surface area contributed by atoms with Crippen molar-refractivity contribution in [1.29, 1.82) is 0 Å². The molecule has 2 bridgehead atoms. The third kappa shape index (κ3) is 1.42. The molecule has 4 aliphatic rings. The van der Waals surface area contributed by atoms with E-state index in [0.717, 1.165) is 0 Å². The highest BCUT2D eigenvalue weighted by Crippen LogP contribution is 2.61. The number of methoxy groups -OCH3 is 1. The van der Waals surface area contributed by atoms with Crippen LogP contribution in [0.4, 0.5) is 5.69 Å². The molecule has 4 nitrogen and oxygen atoms in total. The number of fused-ring (bicyclic) bond motifs is 9. The van der Waals surface area contributed by atoms with Crippen LogP contribution in [0.25, 0.3) is 0 Å². The van der Waals surface area contributed by atoms with Crippen molar-refractivity contribution in [1.82, 2.24) is 0 Å². The monoisotopic (exact) mass is 309 g/mol. The number of ether oxygens (including phenoxy) is 2. The molecule has 2 fully saturated rings. The molecule has 2 saturated heterocycles. The van der Waals surface area contributed by atoms with Gasteiger partial charge in [0.1, 0.15) is 6.10 Å². The number of hydrogen-bond acceptors (Lipinski definition) is 4. The van der Waals surface area contributed by atoms with Gasteiger partial charge in [-0.05, 0) is 11.6 Å². The SMILES string of the molecule is CO[C@@]12O[C@@H](C(=O)C3C=CC=CC31)[C@@H]1[C@H]2c2ccccc2N1C. The number of allylic oxidation sites excluding steroid dienone is 3. The molecule has 0 amide bonds. The number of Topliss-reactive ketones (excluding diaryl/α,β-unsaturated/α-hetero) is 1. The number of nitrogens with zero attached hydrogens (tertiary/aromatic N) is 1. The van der Waals surface area contributed by atoms with Gasteiger partial charge in [-0.3, -0.25) is 4.79 Å². The lowest BCUT2D eigenvalue weighted by Gasteiger charge is -2.44. The van der Waals surface area contributed by atoms with E-state index in [9.17, 15) is 4.79 Å². The van der Waals surface area contributed by atoms with Crippen LogP contribution in [0.5, 0.6) is 0 Å². The molecule has 3 heterocycles. The van der Waals surface area contributed by atoms with Gasteiger partial charge in [0.25, 0.3) is 0 Å². The van der Waals surface area contributed by atoms with Gasteiger partial charge in [-0.2, -0.15) is 0 Å². The number of benzene rings is 1. The van der Waals surface area contributed by atoms with Crippen LogP contribution in [-0.2, 0) is 14.3 Å². The first kappa shape index (κ1) is 13.5. The van der Waals surface area contributed by atoms with E-state index in [0.29, 0.717) is 0 Å². The van der Waals surface area contributed by atoms with Crippen molar-refractivity contribution in [2.75, 3.05) is 19.1 Å². The highest BCUT2D eigenvalue weighted by Gasteiger charge is 2.70. The van der Waals surface area contributed by atoms with Crippen molar-refractivity contribution in [2.45, 2.75) is 23.9 Å². The molecule has 2 unspecified atom stereocenters. The number of para-hydroxylation sites is 1. The van der Waals surface area contributed by atoms with Crippen LogP contribution in [0.2, 0.25) is 0 Å². The number of likely N-dealkylation sites (N-methyl/N-ethyl adjacent to an activating group) is 1. The van der Waals surface area contributed by atoms with Crippen LogP contribution in [0.1, 0.15) is 11.5 Å². The van der Waals surface area contributed by atoms with E-state index in [1.165, 1.54) is 11.3 Å². The minimum absolute atomic E-state index is 0.00671. The molecule has 1 aliphatic carbocycles. The summed E-state index contributed by atoms with van der Waals surface area (Å²) in [6, 6.07) is 8.36. The number of rotatable bonds is 1. The predicted molar refractivity (Wildman–Crippen MR) is 86.3 cm³/mol. The Labute approximate surface area is 135 Å². The zero-order valence-corrected chi connectivity index (χ0v) is 13.2. The molecule has 0 N–H and O–H groups in total. The topological polar surface area (TPSA) is 38.8 Å². The number of hydrogen-bond donors (Lipinski definition) is 0. The fourth-order valence-electron chi connectivity index (χ4n) is 5.09. The molecule has 118 valence electrons. The maximum atomic E-state index is 13.0. The fourth-order valence-corrected chi connectivity index (χ4v) is 5.09. The average molecular weight is 309 g/mol. The Balaban J connectivity index is 1.75. The molecular formula is C19H19NO3. The molecule has 0 spiro atoms. The molecule has 0 saturated carbocycles. The molecule has 3 aliphatic heterocycles. The molecule has 23 heavy (non-hydrogen) atoms. The Morgan fingerprint density at radius 2 is 2.00 bits per heavy atom. The van der Waals surface area contributed by atoms with Gasteiger partial charge in [0.15, 0.2) is 11.6 Å². The molecule has 0 aromatic heterocycles. The summed E-state index contributed by atoms with van der Waals surface area (Å²) in [6.07, 6.45) is 7.60. The van der Waals surface area contributed by atoms with Crippen molar-refractivity contribution in [3.8, 4) is 0 Å². The largest absolute Gasteiger partial charge is 0.367 e. The highest BCUT2D eigenvalue weighted by atomic mass is 16.7.